The first-order valence-electron chi connectivity index (χ1n) is 6.75. The monoisotopic (exact) mass is 319 g/mol. The van der Waals surface area contributed by atoms with Crippen LogP contribution >= 0.6 is 11.8 Å². The molecule has 1 saturated heterocycles. The van der Waals surface area contributed by atoms with Crippen LogP contribution < -0.4 is 10.6 Å². The average molecular weight is 319 g/mol. The van der Waals surface area contributed by atoms with Crippen molar-refractivity contribution in [2.75, 3.05) is 30.0 Å². The summed E-state index contributed by atoms with van der Waals surface area (Å²) in [6.07, 6.45) is 1.58. The molecule has 0 bridgehead atoms. The van der Waals surface area contributed by atoms with Crippen LogP contribution in [0, 0.1) is 0 Å². The van der Waals surface area contributed by atoms with Crippen LogP contribution in [0.15, 0.2) is 36.9 Å². The Morgan fingerprint density at radius 3 is 2.82 bits per heavy atom. The Hall–Kier alpha value is -2.28. The highest BCUT2D eigenvalue weighted by Gasteiger charge is 2.23. The Balaban J connectivity index is 2.02. The summed E-state index contributed by atoms with van der Waals surface area (Å²) in [5.74, 6) is 0.280. The van der Waals surface area contributed by atoms with Gasteiger partial charge < -0.3 is 15.5 Å². The lowest BCUT2D eigenvalue weighted by Crippen LogP contribution is -2.35. The fraction of sp³-hybridized carbons (Fsp3) is 0.267. The molecule has 0 spiro atoms. The van der Waals surface area contributed by atoms with E-state index in [1.54, 1.807) is 30.3 Å². The van der Waals surface area contributed by atoms with Crippen LogP contribution in [0.3, 0.4) is 0 Å². The van der Waals surface area contributed by atoms with Crippen molar-refractivity contribution in [1.29, 1.82) is 0 Å². The predicted octanol–water partition coefficient (Wildman–Crippen LogP) is 1.07. The SMILES string of the molecule is C=CCNC(=O)c1ccccc1NC(=O)CN1CSCC1=O. The Morgan fingerprint density at radius 2 is 2.14 bits per heavy atom. The van der Waals surface area contributed by atoms with Gasteiger partial charge in [-0.1, -0.05) is 18.2 Å². The van der Waals surface area contributed by atoms with Gasteiger partial charge in [0.1, 0.15) is 6.54 Å². The van der Waals surface area contributed by atoms with Gasteiger partial charge in [0.2, 0.25) is 11.8 Å². The molecule has 0 atom stereocenters. The fourth-order valence-electron chi connectivity index (χ4n) is 1.95. The second-order valence-electron chi connectivity index (χ2n) is 4.66. The van der Waals surface area contributed by atoms with Gasteiger partial charge in [0.15, 0.2) is 0 Å². The second kappa shape index (κ2) is 7.65. The lowest BCUT2D eigenvalue weighted by atomic mass is 10.1. The van der Waals surface area contributed by atoms with E-state index in [1.165, 1.54) is 16.7 Å². The van der Waals surface area contributed by atoms with Crippen molar-refractivity contribution >= 4 is 35.2 Å². The first kappa shape index (κ1) is 16.1. The van der Waals surface area contributed by atoms with E-state index in [-0.39, 0.29) is 24.3 Å². The Morgan fingerprint density at radius 1 is 1.36 bits per heavy atom. The van der Waals surface area contributed by atoms with Crippen molar-refractivity contribution in [1.82, 2.24) is 10.2 Å². The standard InChI is InChI=1S/C15H17N3O3S/c1-2-7-16-15(21)11-5-3-4-6-12(11)17-13(19)8-18-10-22-9-14(18)20/h2-6H,1,7-10H2,(H,16,21)(H,17,19). The molecule has 22 heavy (non-hydrogen) atoms. The minimum atomic E-state index is -0.320. The molecule has 1 aromatic carbocycles. The molecule has 0 saturated carbocycles. The van der Waals surface area contributed by atoms with Crippen molar-refractivity contribution in [2.24, 2.45) is 0 Å². The maximum Gasteiger partial charge on any atom is 0.253 e. The summed E-state index contributed by atoms with van der Waals surface area (Å²) in [7, 11) is 0. The Kier molecular flexibility index (Phi) is 5.60. The number of amides is 3. The van der Waals surface area contributed by atoms with Gasteiger partial charge in [-0.15, -0.1) is 18.3 Å². The third-order valence-corrected chi connectivity index (χ3v) is 3.96. The van der Waals surface area contributed by atoms with Gasteiger partial charge in [0.25, 0.3) is 5.91 Å². The average Bonchev–Trinajstić information content (AvgIpc) is 2.90. The third-order valence-electron chi connectivity index (χ3n) is 3.01. The number of hydrogen-bond acceptors (Lipinski definition) is 4. The van der Waals surface area contributed by atoms with E-state index in [2.05, 4.69) is 17.2 Å². The summed E-state index contributed by atoms with van der Waals surface area (Å²) in [5, 5.41) is 5.35. The van der Waals surface area contributed by atoms with Gasteiger partial charge in [0.05, 0.1) is 22.9 Å². The van der Waals surface area contributed by atoms with Crippen molar-refractivity contribution in [2.45, 2.75) is 0 Å². The molecule has 1 aliphatic rings. The zero-order chi connectivity index (χ0) is 15.9. The molecule has 0 aromatic heterocycles. The molecule has 2 rings (SSSR count). The summed E-state index contributed by atoms with van der Waals surface area (Å²) in [4.78, 5) is 37.1. The predicted molar refractivity (Wildman–Crippen MR) is 86.6 cm³/mol. The van der Waals surface area contributed by atoms with E-state index < -0.39 is 0 Å². The number of hydrogen-bond donors (Lipinski definition) is 2. The van der Waals surface area contributed by atoms with Gasteiger partial charge in [-0.3, -0.25) is 14.4 Å². The number of anilines is 1. The first-order chi connectivity index (χ1) is 10.6. The lowest BCUT2D eigenvalue weighted by Gasteiger charge is -2.15. The van der Waals surface area contributed by atoms with Crippen molar-refractivity contribution < 1.29 is 14.4 Å². The maximum absolute atomic E-state index is 12.0. The number of nitrogens with zero attached hydrogens (tertiary/aromatic N) is 1. The van der Waals surface area contributed by atoms with Crippen LogP contribution in [-0.2, 0) is 9.59 Å². The highest BCUT2D eigenvalue weighted by Crippen LogP contribution is 2.17. The normalized spacial score (nSPS) is 13.8. The summed E-state index contributed by atoms with van der Waals surface area (Å²) in [5.41, 5.74) is 0.799. The first-order valence-corrected chi connectivity index (χ1v) is 7.90. The number of carbonyl (C=O) groups is 3. The highest BCUT2D eigenvalue weighted by molar-refractivity contribution is 8.00. The summed E-state index contributed by atoms with van der Waals surface area (Å²) >= 11 is 1.48. The molecule has 1 aliphatic heterocycles. The van der Waals surface area contributed by atoms with Crippen molar-refractivity contribution in [3.63, 3.8) is 0 Å². The number of benzene rings is 1. The van der Waals surface area contributed by atoms with E-state index in [4.69, 9.17) is 0 Å². The number of carbonyl (C=O) groups excluding carboxylic acids is 3. The molecular formula is C15H17N3O3S. The largest absolute Gasteiger partial charge is 0.349 e. The molecule has 0 radical (unpaired) electrons. The van der Waals surface area contributed by atoms with Crippen molar-refractivity contribution in [3.05, 3.63) is 42.5 Å². The number of nitrogens with one attached hydrogen (secondary N) is 2. The van der Waals surface area contributed by atoms with Crippen LogP contribution in [0.1, 0.15) is 10.4 Å². The summed E-state index contributed by atoms with van der Waals surface area (Å²) < 4.78 is 0. The van der Waals surface area contributed by atoms with Gasteiger partial charge in [-0.05, 0) is 12.1 Å². The summed E-state index contributed by atoms with van der Waals surface area (Å²) in [6, 6.07) is 6.74. The fourth-order valence-corrected chi connectivity index (χ4v) is 2.86. The number of para-hydroxylation sites is 1. The smallest absolute Gasteiger partial charge is 0.253 e. The second-order valence-corrected chi connectivity index (χ2v) is 5.62. The maximum atomic E-state index is 12.0. The summed E-state index contributed by atoms with van der Waals surface area (Å²) in [6.45, 7) is 3.88. The van der Waals surface area contributed by atoms with E-state index in [1.807, 2.05) is 0 Å². The van der Waals surface area contributed by atoms with E-state index in [9.17, 15) is 14.4 Å². The molecule has 116 valence electrons. The Bertz CT molecular complexity index is 603. The molecule has 1 heterocycles. The molecule has 2 N–H and O–H groups in total. The quantitative estimate of drug-likeness (QED) is 0.769. The molecule has 0 aliphatic carbocycles. The Labute approximate surface area is 132 Å². The van der Waals surface area contributed by atoms with Crippen LogP contribution in [0.5, 0.6) is 0 Å². The van der Waals surface area contributed by atoms with Crippen LogP contribution in [-0.4, -0.2) is 47.3 Å². The minimum Gasteiger partial charge on any atom is -0.349 e. The van der Waals surface area contributed by atoms with E-state index in [0.717, 1.165) is 0 Å². The number of rotatable bonds is 6. The van der Waals surface area contributed by atoms with Crippen LogP contribution in [0.4, 0.5) is 5.69 Å². The topological polar surface area (TPSA) is 78.5 Å². The molecule has 6 nitrogen and oxygen atoms in total. The van der Waals surface area contributed by atoms with Crippen molar-refractivity contribution in [3.8, 4) is 0 Å². The van der Waals surface area contributed by atoms with Crippen LogP contribution in [0.25, 0.3) is 0 Å². The molecule has 1 aromatic rings. The lowest BCUT2D eigenvalue weighted by molar-refractivity contribution is -0.130. The van der Waals surface area contributed by atoms with E-state index >= 15 is 0 Å². The third kappa shape index (κ3) is 4.11. The zero-order valence-corrected chi connectivity index (χ0v) is 12.8. The minimum absolute atomic E-state index is 0.00551. The zero-order valence-electron chi connectivity index (χ0n) is 12.0. The molecule has 0 unspecified atom stereocenters. The van der Waals surface area contributed by atoms with E-state index in [0.29, 0.717) is 29.4 Å². The van der Waals surface area contributed by atoms with Gasteiger partial charge in [-0.2, -0.15) is 0 Å². The molecule has 7 heteroatoms. The van der Waals surface area contributed by atoms with Gasteiger partial charge in [0, 0.05) is 6.54 Å². The van der Waals surface area contributed by atoms with Crippen LogP contribution in [0.2, 0.25) is 0 Å². The number of thioether (sulfide) groups is 1. The molecule has 1 fully saturated rings. The highest BCUT2D eigenvalue weighted by atomic mass is 32.2. The van der Waals surface area contributed by atoms with Gasteiger partial charge in [-0.25, -0.2) is 0 Å². The molecular weight excluding hydrogens is 302 g/mol. The van der Waals surface area contributed by atoms with Gasteiger partial charge >= 0.3 is 0 Å². The molecule has 3 amide bonds.